The highest BCUT2D eigenvalue weighted by Gasteiger charge is 2.16. The molecule has 0 atom stereocenters. The van der Waals surface area contributed by atoms with Gasteiger partial charge in [-0.3, -0.25) is 4.72 Å². The van der Waals surface area contributed by atoms with Crippen molar-refractivity contribution in [2.24, 2.45) is 5.92 Å². The lowest BCUT2D eigenvalue weighted by atomic mass is 10.2. The largest absolute Gasteiger partial charge is 0.338 e. The molecule has 2 aromatic carbocycles. The van der Waals surface area contributed by atoms with Gasteiger partial charge >= 0.3 is 6.03 Å². The summed E-state index contributed by atoms with van der Waals surface area (Å²) in [4.78, 5) is 11.8. The number of benzene rings is 2. The third-order valence-electron chi connectivity index (χ3n) is 3.61. The molecule has 0 bridgehead atoms. The Morgan fingerprint density at radius 2 is 1.77 bits per heavy atom. The van der Waals surface area contributed by atoms with E-state index in [9.17, 15) is 13.2 Å². The smallest absolute Gasteiger partial charge is 0.319 e. The average Bonchev–Trinajstić information content (AvgIpc) is 2.57. The molecule has 6 nitrogen and oxygen atoms in total. The molecule has 0 radical (unpaired) electrons. The minimum absolute atomic E-state index is 0.0880. The van der Waals surface area contributed by atoms with Gasteiger partial charge in [0.25, 0.3) is 10.0 Å². The molecule has 2 rings (SSSR count). The van der Waals surface area contributed by atoms with Crippen LogP contribution in [0, 0.1) is 12.8 Å². The quantitative estimate of drug-likeness (QED) is 0.684. The average molecular weight is 396 g/mol. The van der Waals surface area contributed by atoms with Crippen LogP contribution in [-0.2, 0) is 10.0 Å². The maximum atomic E-state index is 12.5. The van der Waals surface area contributed by atoms with Gasteiger partial charge in [0.2, 0.25) is 0 Å². The zero-order valence-corrected chi connectivity index (χ0v) is 16.4. The van der Waals surface area contributed by atoms with E-state index in [2.05, 4.69) is 15.4 Å². The first-order valence-corrected chi connectivity index (χ1v) is 9.98. The van der Waals surface area contributed by atoms with Crippen LogP contribution in [0.5, 0.6) is 0 Å². The first-order valence-electron chi connectivity index (χ1n) is 8.12. The Morgan fingerprint density at radius 3 is 2.38 bits per heavy atom. The number of hydrogen-bond acceptors (Lipinski definition) is 3. The van der Waals surface area contributed by atoms with Crippen molar-refractivity contribution in [2.45, 2.75) is 25.7 Å². The van der Waals surface area contributed by atoms with Crippen molar-refractivity contribution in [1.29, 1.82) is 0 Å². The van der Waals surface area contributed by atoms with Crippen molar-refractivity contribution < 1.29 is 13.2 Å². The molecule has 2 amide bonds. The van der Waals surface area contributed by atoms with Gasteiger partial charge in [-0.05, 0) is 54.8 Å². The van der Waals surface area contributed by atoms with E-state index in [1.54, 1.807) is 25.1 Å². The van der Waals surface area contributed by atoms with E-state index in [0.29, 0.717) is 34.4 Å². The van der Waals surface area contributed by atoms with Crippen molar-refractivity contribution in [2.75, 3.05) is 16.6 Å². The van der Waals surface area contributed by atoms with E-state index in [0.717, 1.165) is 0 Å². The molecule has 0 aliphatic heterocycles. The van der Waals surface area contributed by atoms with Gasteiger partial charge in [0, 0.05) is 17.3 Å². The van der Waals surface area contributed by atoms with Gasteiger partial charge in [0.1, 0.15) is 0 Å². The minimum atomic E-state index is -3.76. The first-order chi connectivity index (χ1) is 12.2. The molecule has 0 spiro atoms. The van der Waals surface area contributed by atoms with E-state index in [1.807, 2.05) is 13.8 Å². The number of halogens is 1. The molecule has 0 saturated heterocycles. The molecule has 140 valence electrons. The summed E-state index contributed by atoms with van der Waals surface area (Å²) in [5.41, 5.74) is 1.58. The van der Waals surface area contributed by atoms with E-state index in [4.69, 9.17) is 11.6 Å². The number of urea groups is 1. The van der Waals surface area contributed by atoms with Crippen LogP contribution in [0.15, 0.2) is 47.4 Å². The molecule has 0 aliphatic carbocycles. The maximum absolute atomic E-state index is 12.5. The lowest BCUT2D eigenvalue weighted by Crippen LogP contribution is -2.31. The van der Waals surface area contributed by atoms with Crippen molar-refractivity contribution in [3.8, 4) is 0 Å². The summed E-state index contributed by atoms with van der Waals surface area (Å²) in [7, 11) is -3.76. The third-order valence-corrected chi connectivity index (χ3v) is 5.40. The van der Waals surface area contributed by atoms with Crippen LogP contribution in [0.1, 0.15) is 19.4 Å². The zero-order chi connectivity index (χ0) is 19.3. The normalized spacial score (nSPS) is 11.3. The van der Waals surface area contributed by atoms with Crippen molar-refractivity contribution in [3.05, 3.63) is 53.1 Å². The minimum Gasteiger partial charge on any atom is -0.338 e. The molecule has 0 heterocycles. The van der Waals surface area contributed by atoms with E-state index in [1.165, 1.54) is 24.3 Å². The van der Waals surface area contributed by atoms with Crippen LogP contribution in [0.25, 0.3) is 0 Å². The predicted molar refractivity (Wildman–Crippen MR) is 105 cm³/mol. The van der Waals surface area contributed by atoms with Gasteiger partial charge < -0.3 is 10.6 Å². The number of amides is 2. The van der Waals surface area contributed by atoms with Gasteiger partial charge in [-0.2, -0.15) is 0 Å². The molecule has 0 unspecified atom stereocenters. The summed E-state index contributed by atoms with van der Waals surface area (Å²) < 4.78 is 27.6. The highest BCUT2D eigenvalue weighted by Crippen LogP contribution is 2.25. The molecule has 26 heavy (non-hydrogen) atoms. The van der Waals surface area contributed by atoms with Crippen molar-refractivity contribution >= 4 is 39.0 Å². The third kappa shape index (κ3) is 5.37. The zero-order valence-electron chi connectivity index (χ0n) is 14.8. The molecule has 0 aromatic heterocycles. The van der Waals surface area contributed by atoms with Gasteiger partial charge in [-0.25, -0.2) is 13.2 Å². The van der Waals surface area contributed by atoms with Crippen LogP contribution in [0.4, 0.5) is 16.2 Å². The summed E-state index contributed by atoms with van der Waals surface area (Å²) in [5.74, 6) is 0.342. The second kappa shape index (κ2) is 8.42. The number of nitrogens with one attached hydrogen (secondary N) is 3. The molecular weight excluding hydrogens is 374 g/mol. The maximum Gasteiger partial charge on any atom is 0.319 e. The number of rotatable bonds is 6. The number of anilines is 2. The Hall–Kier alpha value is -2.25. The molecule has 0 fully saturated rings. The van der Waals surface area contributed by atoms with Gasteiger partial charge in [-0.1, -0.05) is 31.5 Å². The van der Waals surface area contributed by atoms with Crippen molar-refractivity contribution in [1.82, 2.24) is 5.32 Å². The van der Waals surface area contributed by atoms with E-state index >= 15 is 0 Å². The Bertz CT molecular complexity index is 881. The molecule has 2 aromatic rings. The summed E-state index contributed by atoms with van der Waals surface area (Å²) in [6.07, 6.45) is 0. The number of carbonyl (C=O) groups is 1. The summed E-state index contributed by atoms with van der Waals surface area (Å²) in [6, 6.07) is 10.6. The lowest BCUT2D eigenvalue weighted by molar-refractivity contribution is 0.251. The molecular formula is C18H22ClN3O3S. The van der Waals surface area contributed by atoms with Gasteiger partial charge in [0.05, 0.1) is 10.6 Å². The summed E-state index contributed by atoms with van der Waals surface area (Å²) in [5, 5.41) is 5.87. The summed E-state index contributed by atoms with van der Waals surface area (Å²) >= 11 is 6.02. The topological polar surface area (TPSA) is 87.3 Å². The second-order valence-corrected chi connectivity index (χ2v) is 8.36. The lowest BCUT2D eigenvalue weighted by Gasteiger charge is -2.12. The fraction of sp³-hybridized carbons (Fsp3) is 0.278. The first kappa shape index (κ1) is 20.1. The van der Waals surface area contributed by atoms with Crippen LogP contribution in [0.3, 0.4) is 0 Å². The monoisotopic (exact) mass is 395 g/mol. The van der Waals surface area contributed by atoms with Crippen LogP contribution < -0.4 is 15.4 Å². The Labute approximate surface area is 159 Å². The number of sulfonamides is 1. The standard InChI is InChI=1S/C18H22ClN3O3S/c1-12(2)11-20-18(23)21-14-7-9-15(10-8-14)26(24,25)22-17-6-4-5-16(19)13(17)3/h4-10,12,22H,11H2,1-3H3,(H2,20,21,23). The molecule has 3 N–H and O–H groups in total. The Kier molecular flexibility index (Phi) is 6.50. The van der Waals surface area contributed by atoms with Crippen LogP contribution >= 0.6 is 11.6 Å². The fourth-order valence-corrected chi connectivity index (χ4v) is 3.41. The van der Waals surface area contributed by atoms with Crippen LogP contribution in [-0.4, -0.2) is 21.0 Å². The highest BCUT2D eigenvalue weighted by molar-refractivity contribution is 7.92. The predicted octanol–water partition coefficient (Wildman–Crippen LogP) is 4.23. The molecule has 0 aliphatic rings. The SMILES string of the molecule is Cc1c(Cl)cccc1NS(=O)(=O)c1ccc(NC(=O)NCC(C)C)cc1. The second-order valence-electron chi connectivity index (χ2n) is 6.27. The van der Waals surface area contributed by atoms with E-state index in [-0.39, 0.29) is 10.9 Å². The van der Waals surface area contributed by atoms with Gasteiger partial charge in [0.15, 0.2) is 0 Å². The highest BCUT2D eigenvalue weighted by atomic mass is 35.5. The van der Waals surface area contributed by atoms with E-state index < -0.39 is 10.0 Å². The molecule has 8 heteroatoms. The molecule has 0 saturated carbocycles. The number of carbonyl (C=O) groups excluding carboxylic acids is 1. The van der Waals surface area contributed by atoms with Gasteiger partial charge in [-0.15, -0.1) is 0 Å². The Morgan fingerprint density at radius 1 is 1.12 bits per heavy atom. The number of hydrogen-bond donors (Lipinski definition) is 3. The fourth-order valence-electron chi connectivity index (χ4n) is 2.11. The summed E-state index contributed by atoms with van der Waals surface area (Å²) in [6.45, 7) is 6.29. The van der Waals surface area contributed by atoms with Crippen LogP contribution in [0.2, 0.25) is 5.02 Å². The Balaban J connectivity index is 2.09. The van der Waals surface area contributed by atoms with Crippen molar-refractivity contribution in [3.63, 3.8) is 0 Å².